The van der Waals surface area contributed by atoms with Gasteiger partial charge in [0.15, 0.2) is 18.1 Å². The number of alkyl halides is 3. The van der Waals surface area contributed by atoms with Gasteiger partial charge in [-0.2, -0.15) is 13.2 Å². The van der Waals surface area contributed by atoms with Gasteiger partial charge in [0.05, 0.1) is 42.8 Å². The van der Waals surface area contributed by atoms with Gasteiger partial charge in [-0.05, 0) is 25.1 Å². The van der Waals surface area contributed by atoms with Crippen LogP contribution in [0.3, 0.4) is 0 Å². The summed E-state index contributed by atoms with van der Waals surface area (Å²) >= 11 is 0.944. The van der Waals surface area contributed by atoms with Crippen molar-refractivity contribution in [3.8, 4) is 23.0 Å². The molecule has 2 N–H and O–H groups in total. The van der Waals surface area contributed by atoms with Gasteiger partial charge >= 0.3 is 6.18 Å². The van der Waals surface area contributed by atoms with Crippen molar-refractivity contribution in [1.82, 2.24) is 14.7 Å². The molecule has 13 heteroatoms. The number of aromatic nitrogens is 2. The lowest BCUT2D eigenvalue weighted by molar-refractivity contribution is -0.153. The molecule has 3 rings (SSSR count). The van der Waals surface area contributed by atoms with E-state index in [1.807, 2.05) is 0 Å². The zero-order valence-corrected chi connectivity index (χ0v) is 18.8. The van der Waals surface area contributed by atoms with Crippen LogP contribution in [0.25, 0.3) is 10.9 Å². The molecule has 33 heavy (non-hydrogen) atoms. The largest absolute Gasteiger partial charge is 0.493 e. The van der Waals surface area contributed by atoms with Crippen LogP contribution in [0.5, 0.6) is 23.0 Å². The van der Waals surface area contributed by atoms with Gasteiger partial charge in [-0.15, -0.1) is 0 Å². The summed E-state index contributed by atoms with van der Waals surface area (Å²) in [5.74, 6) is -0.0778. The van der Waals surface area contributed by atoms with Gasteiger partial charge in [-0.25, -0.2) is 14.4 Å². The van der Waals surface area contributed by atoms with E-state index in [9.17, 15) is 17.6 Å². The number of methoxy groups -OCH3 is 3. The normalized spacial score (nSPS) is 11.4. The SMILES string of the molecule is CNSc1cc(Nc2ncnc3cc(OC)c(OC)c(OC)c23)c(OCC(F)(F)F)cc1F. The summed E-state index contributed by atoms with van der Waals surface area (Å²) < 4.78 is 76.4. The van der Waals surface area contributed by atoms with Crippen molar-refractivity contribution in [2.24, 2.45) is 0 Å². The number of nitrogens with zero attached hydrogens (tertiary/aromatic N) is 2. The summed E-state index contributed by atoms with van der Waals surface area (Å²) in [6.45, 7) is -1.60. The standard InChI is InChI=1S/C20H20F4N4O4S/c1-25-33-15-7-11(13(5-10(15)21)32-8-20(22,23)24)28-19-16-12(26-9-27-19)6-14(29-2)17(30-3)18(16)31-4/h5-7,9,25H,8H2,1-4H3,(H,26,27,28). The van der Waals surface area contributed by atoms with Crippen molar-refractivity contribution >= 4 is 34.4 Å². The first-order valence-corrected chi connectivity index (χ1v) is 10.1. The van der Waals surface area contributed by atoms with Crippen LogP contribution in [-0.4, -0.2) is 51.1 Å². The maximum atomic E-state index is 14.4. The Morgan fingerprint density at radius 3 is 2.30 bits per heavy atom. The van der Waals surface area contributed by atoms with Crippen LogP contribution in [0.2, 0.25) is 0 Å². The molecule has 0 fully saturated rings. The Bertz CT molecular complexity index is 1150. The fourth-order valence-corrected chi connectivity index (χ4v) is 3.56. The second kappa shape index (κ2) is 10.2. The first-order chi connectivity index (χ1) is 15.7. The Hall–Kier alpha value is -3.19. The molecule has 2 aromatic carbocycles. The van der Waals surface area contributed by atoms with E-state index in [1.54, 1.807) is 13.1 Å². The number of benzene rings is 2. The van der Waals surface area contributed by atoms with Crippen molar-refractivity contribution in [2.75, 3.05) is 40.3 Å². The molecule has 0 unspecified atom stereocenters. The monoisotopic (exact) mass is 488 g/mol. The molecule has 3 aromatic rings. The summed E-state index contributed by atoms with van der Waals surface area (Å²) in [6.07, 6.45) is -3.36. The first-order valence-electron chi connectivity index (χ1n) is 9.29. The quantitative estimate of drug-likeness (QED) is 0.329. The molecule has 0 bridgehead atoms. The Morgan fingerprint density at radius 1 is 0.970 bits per heavy atom. The summed E-state index contributed by atoms with van der Waals surface area (Å²) in [5, 5.41) is 3.28. The molecule has 8 nitrogen and oxygen atoms in total. The highest BCUT2D eigenvalue weighted by Crippen LogP contribution is 2.46. The number of halogens is 4. The van der Waals surface area contributed by atoms with E-state index in [2.05, 4.69) is 20.0 Å². The molecular formula is C20H20F4N4O4S. The Balaban J connectivity index is 2.17. The van der Waals surface area contributed by atoms with E-state index < -0.39 is 18.6 Å². The van der Waals surface area contributed by atoms with E-state index in [4.69, 9.17) is 18.9 Å². The lowest BCUT2D eigenvalue weighted by Gasteiger charge is -2.19. The Morgan fingerprint density at radius 2 is 1.70 bits per heavy atom. The van der Waals surface area contributed by atoms with Gasteiger partial charge in [0.2, 0.25) is 5.75 Å². The number of hydrogen-bond donors (Lipinski definition) is 2. The zero-order valence-electron chi connectivity index (χ0n) is 18.0. The molecule has 0 aliphatic heterocycles. The van der Waals surface area contributed by atoms with Crippen molar-refractivity contribution in [3.05, 3.63) is 30.3 Å². The predicted molar refractivity (Wildman–Crippen MR) is 115 cm³/mol. The van der Waals surface area contributed by atoms with Gasteiger partial charge in [0.25, 0.3) is 0 Å². The molecule has 1 aromatic heterocycles. The minimum absolute atomic E-state index is 0.0511. The highest BCUT2D eigenvalue weighted by atomic mass is 32.2. The first kappa shape index (κ1) is 24.5. The summed E-state index contributed by atoms with van der Waals surface area (Å²) in [4.78, 5) is 8.53. The van der Waals surface area contributed by atoms with Crippen LogP contribution in [0.4, 0.5) is 29.1 Å². The number of rotatable bonds is 9. The molecule has 0 aliphatic rings. The predicted octanol–water partition coefficient (Wildman–Crippen LogP) is 4.71. The minimum atomic E-state index is -4.61. The van der Waals surface area contributed by atoms with Crippen LogP contribution >= 0.6 is 11.9 Å². The van der Waals surface area contributed by atoms with Crippen LogP contribution in [0, 0.1) is 5.82 Å². The number of nitrogens with one attached hydrogen (secondary N) is 2. The highest BCUT2D eigenvalue weighted by Gasteiger charge is 2.29. The molecular weight excluding hydrogens is 468 g/mol. The second-order valence-corrected chi connectivity index (χ2v) is 7.43. The van der Waals surface area contributed by atoms with Crippen LogP contribution in [-0.2, 0) is 0 Å². The van der Waals surface area contributed by atoms with E-state index in [1.165, 1.54) is 33.7 Å². The molecule has 0 atom stereocenters. The van der Waals surface area contributed by atoms with E-state index in [0.717, 1.165) is 18.0 Å². The molecule has 0 amide bonds. The third-order valence-corrected chi connectivity index (χ3v) is 5.06. The smallest absolute Gasteiger partial charge is 0.422 e. The number of hydrogen-bond acceptors (Lipinski definition) is 9. The lowest BCUT2D eigenvalue weighted by atomic mass is 10.1. The minimum Gasteiger partial charge on any atom is -0.493 e. The zero-order chi connectivity index (χ0) is 24.2. The van der Waals surface area contributed by atoms with Crippen molar-refractivity contribution in [2.45, 2.75) is 11.1 Å². The van der Waals surface area contributed by atoms with Crippen LogP contribution in [0.1, 0.15) is 0 Å². The van der Waals surface area contributed by atoms with Crippen molar-refractivity contribution in [3.63, 3.8) is 0 Å². The third kappa shape index (κ3) is 5.42. The van der Waals surface area contributed by atoms with Gasteiger partial charge in [0.1, 0.15) is 23.7 Å². The van der Waals surface area contributed by atoms with Gasteiger partial charge < -0.3 is 24.3 Å². The Labute approximate surface area is 190 Å². The Kier molecular flexibility index (Phi) is 7.53. The molecule has 0 radical (unpaired) electrons. The van der Waals surface area contributed by atoms with Crippen molar-refractivity contribution < 1.29 is 36.5 Å². The number of ether oxygens (including phenoxy) is 4. The van der Waals surface area contributed by atoms with E-state index in [0.29, 0.717) is 16.7 Å². The fraction of sp³-hybridized carbons (Fsp3) is 0.300. The summed E-state index contributed by atoms with van der Waals surface area (Å²) in [7, 11) is 5.86. The van der Waals surface area contributed by atoms with E-state index in [-0.39, 0.29) is 33.6 Å². The maximum absolute atomic E-state index is 14.4. The maximum Gasteiger partial charge on any atom is 0.422 e. The third-order valence-electron chi connectivity index (χ3n) is 4.32. The average Bonchev–Trinajstić information content (AvgIpc) is 2.78. The summed E-state index contributed by atoms with van der Waals surface area (Å²) in [5.41, 5.74) is 0.460. The van der Waals surface area contributed by atoms with Crippen LogP contribution < -0.4 is 29.0 Å². The van der Waals surface area contributed by atoms with Gasteiger partial charge in [0, 0.05) is 12.1 Å². The number of anilines is 2. The van der Waals surface area contributed by atoms with Gasteiger partial charge in [-0.3, -0.25) is 4.72 Å². The molecule has 0 aliphatic carbocycles. The molecule has 0 saturated carbocycles. The average molecular weight is 488 g/mol. The molecule has 178 valence electrons. The fourth-order valence-electron chi connectivity index (χ4n) is 3.01. The van der Waals surface area contributed by atoms with Crippen molar-refractivity contribution in [1.29, 1.82) is 0 Å². The van der Waals surface area contributed by atoms with E-state index >= 15 is 0 Å². The molecule has 0 spiro atoms. The molecule has 0 saturated heterocycles. The van der Waals surface area contributed by atoms with Crippen LogP contribution in [0.15, 0.2) is 29.4 Å². The number of fused-ring (bicyclic) bond motifs is 1. The second-order valence-electron chi connectivity index (χ2n) is 6.38. The summed E-state index contributed by atoms with van der Waals surface area (Å²) in [6, 6.07) is 3.78. The lowest BCUT2D eigenvalue weighted by Crippen LogP contribution is -2.19. The molecule has 1 heterocycles. The van der Waals surface area contributed by atoms with Gasteiger partial charge in [-0.1, -0.05) is 0 Å². The topological polar surface area (TPSA) is 86.8 Å². The highest BCUT2D eigenvalue weighted by molar-refractivity contribution is 7.97.